The molecule has 114 valence electrons. The summed E-state index contributed by atoms with van der Waals surface area (Å²) in [6, 6.07) is 0. The molecule has 1 amide bonds. The van der Waals surface area contributed by atoms with Crippen molar-refractivity contribution in [2.45, 2.75) is 52.4 Å². The van der Waals surface area contributed by atoms with Crippen LogP contribution in [-0.4, -0.2) is 38.0 Å². The molecule has 2 unspecified atom stereocenters. The van der Waals surface area contributed by atoms with Gasteiger partial charge in [-0.2, -0.15) is 0 Å². The number of hydrogen-bond acceptors (Lipinski definition) is 2. The van der Waals surface area contributed by atoms with Gasteiger partial charge in [-0.05, 0) is 69.4 Å². The molecule has 4 aliphatic carbocycles. The van der Waals surface area contributed by atoms with Crippen molar-refractivity contribution >= 4 is 5.91 Å². The zero-order chi connectivity index (χ0) is 14.6. The van der Waals surface area contributed by atoms with Crippen molar-refractivity contribution in [2.24, 2.45) is 22.2 Å². The van der Waals surface area contributed by atoms with E-state index in [0.717, 1.165) is 38.3 Å². The first-order valence-electron chi connectivity index (χ1n) is 8.18. The highest BCUT2D eigenvalue weighted by Gasteiger charge is 2.62. The number of nitrogens with zero attached hydrogens (tertiary/aromatic N) is 1. The average molecular weight is 278 g/mol. The Bertz CT molecular complexity index is 399. The van der Waals surface area contributed by atoms with Crippen molar-refractivity contribution < 1.29 is 4.79 Å². The Morgan fingerprint density at radius 1 is 1.10 bits per heavy atom. The van der Waals surface area contributed by atoms with Gasteiger partial charge in [0, 0.05) is 13.1 Å². The summed E-state index contributed by atoms with van der Waals surface area (Å²) < 4.78 is 0. The minimum absolute atomic E-state index is 0.0464. The van der Waals surface area contributed by atoms with Crippen molar-refractivity contribution in [3.8, 4) is 0 Å². The maximum atomic E-state index is 12.8. The lowest BCUT2D eigenvalue weighted by Crippen LogP contribution is -2.60. The smallest absolute Gasteiger partial charge is 0.226 e. The molecule has 3 heteroatoms. The van der Waals surface area contributed by atoms with Crippen LogP contribution in [0.2, 0.25) is 0 Å². The quantitative estimate of drug-likeness (QED) is 0.857. The van der Waals surface area contributed by atoms with Gasteiger partial charge < -0.3 is 10.2 Å². The molecule has 4 rings (SSSR count). The Kier molecular flexibility index (Phi) is 3.20. The van der Waals surface area contributed by atoms with Crippen LogP contribution in [0, 0.1) is 22.2 Å². The molecule has 4 bridgehead atoms. The van der Waals surface area contributed by atoms with Crippen molar-refractivity contribution in [3.63, 3.8) is 0 Å². The van der Waals surface area contributed by atoms with Crippen LogP contribution in [-0.2, 0) is 4.79 Å². The molecular weight excluding hydrogens is 248 g/mol. The zero-order valence-electron chi connectivity index (χ0n) is 13.6. The van der Waals surface area contributed by atoms with Gasteiger partial charge in [0.2, 0.25) is 5.91 Å². The molecule has 20 heavy (non-hydrogen) atoms. The fraction of sp³-hybridized carbons (Fsp3) is 0.941. The summed E-state index contributed by atoms with van der Waals surface area (Å²) in [6.45, 7) is 6.57. The molecule has 0 radical (unpaired) electrons. The number of hydrogen-bond donors (Lipinski definition) is 1. The van der Waals surface area contributed by atoms with E-state index >= 15 is 0 Å². The largest absolute Gasteiger partial charge is 0.354 e. The third-order valence-corrected chi connectivity index (χ3v) is 5.95. The van der Waals surface area contributed by atoms with E-state index in [9.17, 15) is 4.79 Å². The predicted molar refractivity (Wildman–Crippen MR) is 81.4 cm³/mol. The first kappa shape index (κ1) is 14.4. The number of carbonyl (C=O) groups excluding carboxylic acids is 1. The molecule has 0 aromatic rings. The summed E-state index contributed by atoms with van der Waals surface area (Å²) >= 11 is 0. The molecule has 0 saturated heterocycles. The van der Waals surface area contributed by atoms with E-state index in [4.69, 9.17) is 0 Å². The van der Waals surface area contributed by atoms with E-state index in [1.165, 1.54) is 19.3 Å². The monoisotopic (exact) mass is 278 g/mol. The fourth-order valence-corrected chi connectivity index (χ4v) is 6.28. The van der Waals surface area contributed by atoms with Crippen LogP contribution >= 0.6 is 0 Å². The van der Waals surface area contributed by atoms with Gasteiger partial charge in [0.25, 0.3) is 0 Å². The van der Waals surface area contributed by atoms with Crippen molar-refractivity contribution in [1.82, 2.24) is 10.2 Å². The van der Waals surface area contributed by atoms with Gasteiger partial charge in [-0.25, -0.2) is 0 Å². The molecule has 1 N–H and O–H groups in total. The van der Waals surface area contributed by atoms with Crippen LogP contribution in [0.25, 0.3) is 0 Å². The summed E-state index contributed by atoms with van der Waals surface area (Å²) in [7, 11) is 4.11. The van der Waals surface area contributed by atoms with Crippen LogP contribution in [0.15, 0.2) is 0 Å². The van der Waals surface area contributed by atoms with Gasteiger partial charge in [0.05, 0.1) is 5.41 Å². The number of amides is 1. The van der Waals surface area contributed by atoms with Gasteiger partial charge in [0.1, 0.15) is 0 Å². The zero-order valence-corrected chi connectivity index (χ0v) is 13.6. The molecule has 4 atom stereocenters. The van der Waals surface area contributed by atoms with Crippen LogP contribution in [0.5, 0.6) is 0 Å². The second-order valence-corrected chi connectivity index (χ2v) is 8.97. The van der Waals surface area contributed by atoms with Gasteiger partial charge in [0.15, 0.2) is 0 Å². The van der Waals surface area contributed by atoms with Gasteiger partial charge in [-0.1, -0.05) is 13.8 Å². The van der Waals surface area contributed by atoms with Gasteiger partial charge >= 0.3 is 0 Å². The summed E-state index contributed by atoms with van der Waals surface area (Å²) in [4.78, 5) is 15.0. The third kappa shape index (κ3) is 2.38. The molecule has 0 aromatic carbocycles. The lowest BCUT2D eigenvalue weighted by Gasteiger charge is -2.64. The molecule has 4 fully saturated rings. The molecule has 4 saturated carbocycles. The number of likely N-dealkylation sites (N-methyl/N-ethyl adjacent to an activating group) is 1. The van der Waals surface area contributed by atoms with Crippen molar-refractivity contribution in [1.29, 1.82) is 0 Å². The number of rotatable bonds is 4. The minimum atomic E-state index is -0.0464. The molecule has 3 nitrogen and oxygen atoms in total. The van der Waals surface area contributed by atoms with Crippen molar-refractivity contribution in [3.05, 3.63) is 0 Å². The van der Waals surface area contributed by atoms with Crippen LogP contribution in [0.3, 0.4) is 0 Å². The maximum absolute atomic E-state index is 12.8. The second kappa shape index (κ2) is 4.46. The average Bonchev–Trinajstić information content (AvgIpc) is 2.22. The minimum Gasteiger partial charge on any atom is -0.354 e. The second-order valence-electron chi connectivity index (χ2n) is 8.97. The molecule has 0 spiro atoms. The Labute approximate surface area is 123 Å². The van der Waals surface area contributed by atoms with E-state index in [1.807, 2.05) is 0 Å². The summed E-state index contributed by atoms with van der Waals surface area (Å²) in [5, 5.41) is 3.22. The number of carbonyl (C=O) groups is 1. The summed E-state index contributed by atoms with van der Waals surface area (Å²) in [5.74, 6) is 1.14. The number of nitrogens with one attached hydrogen (secondary N) is 1. The highest BCUT2D eigenvalue weighted by molar-refractivity contribution is 5.83. The Hall–Kier alpha value is -0.570. The fourth-order valence-electron chi connectivity index (χ4n) is 6.28. The van der Waals surface area contributed by atoms with Gasteiger partial charge in [-0.15, -0.1) is 0 Å². The lowest BCUT2D eigenvalue weighted by atomic mass is 9.40. The highest BCUT2D eigenvalue weighted by atomic mass is 16.2. The van der Waals surface area contributed by atoms with E-state index in [2.05, 4.69) is 38.2 Å². The Morgan fingerprint density at radius 2 is 1.70 bits per heavy atom. The SMILES string of the molecule is CN(C)CCNC(=O)C12CC3C[C@@](C)(C1)C[C@](C)(C3)C2. The topological polar surface area (TPSA) is 32.3 Å². The molecule has 4 aliphatic rings. The van der Waals surface area contributed by atoms with Crippen LogP contribution in [0.1, 0.15) is 52.4 Å². The van der Waals surface area contributed by atoms with E-state index in [1.54, 1.807) is 0 Å². The van der Waals surface area contributed by atoms with Crippen molar-refractivity contribution in [2.75, 3.05) is 27.2 Å². The maximum Gasteiger partial charge on any atom is 0.226 e. The molecule has 0 aromatic heterocycles. The third-order valence-electron chi connectivity index (χ3n) is 5.95. The molecular formula is C17H30N2O. The first-order chi connectivity index (χ1) is 9.24. The standard InChI is InChI=1S/C17H30N2O/c1-15-7-13-8-16(2,10-15)12-17(9-13,11-15)14(20)18-5-6-19(3)4/h13H,5-12H2,1-4H3,(H,18,20)/t13?,15-,16+,17?. The highest BCUT2D eigenvalue weighted by Crippen LogP contribution is 2.69. The summed E-state index contributed by atoms with van der Waals surface area (Å²) in [6.07, 6.45) is 7.44. The van der Waals surface area contributed by atoms with E-state index in [-0.39, 0.29) is 5.41 Å². The van der Waals surface area contributed by atoms with E-state index < -0.39 is 0 Å². The van der Waals surface area contributed by atoms with Crippen LogP contribution in [0.4, 0.5) is 0 Å². The molecule has 0 aliphatic heterocycles. The predicted octanol–water partition coefficient (Wildman–Crippen LogP) is 2.66. The Morgan fingerprint density at radius 3 is 2.20 bits per heavy atom. The first-order valence-corrected chi connectivity index (χ1v) is 8.18. The normalized spacial score (nSPS) is 46.0. The van der Waals surface area contributed by atoms with Gasteiger partial charge in [-0.3, -0.25) is 4.79 Å². The van der Waals surface area contributed by atoms with Crippen LogP contribution < -0.4 is 5.32 Å². The van der Waals surface area contributed by atoms with E-state index in [0.29, 0.717) is 16.7 Å². The lowest BCUT2D eigenvalue weighted by molar-refractivity contribution is -0.170. The Balaban J connectivity index is 1.73. The summed E-state index contributed by atoms with van der Waals surface area (Å²) in [5.41, 5.74) is 0.801. The molecule has 0 heterocycles.